The molecule has 3 aromatic rings. The number of phenols is 1. The van der Waals surface area contributed by atoms with Crippen LogP contribution in [0.4, 0.5) is 4.79 Å². The third-order valence-corrected chi connectivity index (χ3v) is 6.56. The largest absolute Gasteiger partial charge is 0.508 e. The molecule has 1 aromatic heterocycles. The van der Waals surface area contributed by atoms with Gasteiger partial charge in [0, 0.05) is 17.1 Å². The number of nitrogens with zero attached hydrogens (tertiary/aromatic N) is 2. The molecule has 2 amide bonds. The van der Waals surface area contributed by atoms with Gasteiger partial charge in [0.25, 0.3) is 11.1 Å². The molecule has 6 nitrogen and oxygen atoms in total. The number of benzene rings is 2. The fraction of sp³-hybridized carbons (Fsp3) is 0.231. The minimum Gasteiger partial charge on any atom is -0.508 e. The van der Waals surface area contributed by atoms with Gasteiger partial charge in [-0.1, -0.05) is 12.1 Å². The molecular formula is C26H26N2O4S. The van der Waals surface area contributed by atoms with E-state index in [0.29, 0.717) is 4.91 Å². The number of amides is 2. The lowest BCUT2D eigenvalue weighted by molar-refractivity contribution is -0.123. The highest BCUT2D eigenvalue weighted by atomic mass is 32.2. The predicted octanol–water partition coefficient (Wildman–Crippen LogP) is 5.53. The van der Waals surface area contributed by atoms with Gasteiger partial charge in [0.15, 0.2) is 0 Å². The first-order chi connectivity index (χ1) is 15.7. The lowest BCUT2D eigenvalue weighted by Crippen LogP contribution is -2.32. The Labute approximate surface area is 197 Å². The second-order valence-corrected chi connectivity index (χ2v) is 9.12. The van der Waals surface area contributed by atoms with Gasteiger partial charge in [-0.15, -0.1) is 0 Å². The molecule has 0 bridgehead atoms. The van der Waals surface area contributed by atoms with Gasteiger partial charge in [0.1, 0.15) is 18.1 Å². The third-order valence-electron chi connectivity index (χ3n) is 5.65. The molecule has 0 atom stereocenters. The highest BCUT2D eigenvalue weighted by molar-refractivity contribution is 8.18. The second-order valence-electron chi connectivity index (χ2n) is 8.13. The summed E-state index contributed by atoms with van der Waals surface area (Å²) < 4.78 is 7.88. The molecule has 1 fully saturated rings. The van der Waals surface area contributed by atoms with Crippen LogP contribution in [0, 0.1) is 27.7 Å². The minimum absolute atomic E-state index is 0.196. The van der Waals surface area contributed by atoms with Crippen molar-refractivity contribution in [2.45, 2.75) is 27.7 Å². The van der Waals surface area contributed by atoms with E-state index in [1.54, 1.807) is 18.2 Å². The lowest BCUT2D eigenvalue weighted by Gasteiger charge is -2.14. The van der Waals surface area contributed by atoms with Gasteiger partial charge in [0.2, 0.25) is 0 Å². The van der Waals surface area contributed by atoms with Crippen LogP contribution in [-0.2, 0) is 4.79 Å². The van der Waals surface area contributed by atoms with Gasteiger partial charge in [0.05, 0.1) is 11.4 Å². The number of imide groups is 1. The summed E-state index contributed by atoms with van der Waals surface area (Å²) in [5, 5.41) is 9.27. The number of carbonyl (C=O) groups excluding carboxylic acids is 2. The van der Waals surface area contributed by atoms with Crippen LogP contribution in [0.3, 0.4) is 0 Å². The summed E-state index contributed by atoms with van der Waals surface area (Å²) in [4.78, 5) is 27.1. The standard InChI is InChI=1S/C26H26N2O4S/c1-16-5-6-17(2)23(13-16)32-12-11-27-25(30)24(33-26(27)31)15-20-14-18(3)28(19(20)4)21-7-9-22(29)10-8-21/h5-10,13-15,29H,11-12H2,1-4H3/b24-15-. The molecule has 170 valence electrons. The normalized spacial score (nSPS) is 15.0. The molecule has 2 aromatic carbocycles. The summed E-state index contributed by atoms with van der Waals surface area (Å²) in [5.74, 6) is 0.667. The SMILES string of the molecule is Cc1ccc(C)c(OCCN2C(=O)S/C(=C\c3cc(C)n(-c4ccc(O)cc4)c3C)C2=O)c1. The molecule has 0 spiro atoms. The van der Waals surface area contributed by atoms with E-state index in [2.05, 4.69) is 0 Å². The van der Waals surface area contributed by atoms with E-state index in [4.69, 9.17) is 4.74 Å². The molecule has 1 N–H and O–H groups in total. The number of hydrogen-bond donors (Lipinski definition) is 1. The Morgan fingerprint density at radius 1 is 1.00 bits per heavy atom. The Bertz CT molecular complexity index is 1260. The summed E-state index contributed by atoms with van der Waals surface area (Å²) >= 11 is 0.951. The zero-order valence-electron chi connectivity index (χ0n) is 19.1. The second kappa shape index (κ2) is 9.19. The topological polar surface area (TPSA) is 71.8 Å². The molecule has 1 saturated heterocycles. The number of aromatic hydroxyl groups is 1. The Morgan fingerprint density at radius 3 is 2.45 bits per heavy atom. The smallest absolute Gasteiger partial charge is 0.293 e. The van der Waals surface area contributed by atoms with Crippen molar-refractivity contribution in [3.8, 4) is 17.2 Å². The van der Waals surface area contributed by atoms with Crippen LogP contribution in [0.25, 0.3) is 11.8 Å². The van der Waals surface area contributed by atoms with E-state index < -0.39 is 0 Å². The third kappa shape index (κ3) is 4.68. The van der Waals surface area contributed by atoms with Crippen molar-refractivity contribution in [1.82, 2.24) is 9.47 Å². The molecule has 1 aliphatic heterocycles. The van der Waals surface area contributed by atoms with Crippen LogP contribution in [-0.4, -0.2) is 38.9 Å². The van der Waals surface area contributed by atoms with E-state index >= 15 is 0 Å². The summed E-state index contributed by atoms with van der Waals surface area (Å²) in [6, 6.07) is 14.9. The first-order valence-corrected chi connectivity index (χ1v) is 11.5. The van der Waals surface area contributed by atoms with E-state index in [1.165, 1.54) is 4.90 Å². The number of carbonyl (C=O) groups is 2. The molecule has 0 radical (unpaired) electrons. The van der Waals surface area contributed by atoms with Crippen LogP contribution in [0.5, 0.6) is 11.5 Å². The van der Waals surface area contributed by atoms with Gasteiger partial charge in [-0.3, -0.25) is 14.5 Å². The fourth-order valence-electron chi connectivity index (χ4n) is 3.88. The maximum atomic E-state index is 12.9. The molecule has 7 heteroatoms. The number of aryl methyl sites for hydroxylation is 3. The number of phenolic OH excluding ortho intramolecular Hbond substituents is 1. The summed E-state index contributed by atoms with van der Waals surface area (Å²) in [7, 11) is 0. The van der Waals surface area contributed by atoms with Gasteiger partial charge < -0.3 is 14.4 Å². The maximum Gasteiger partial charge on any atom is 0.293 e. The fourth-order valence-corrected chi connectivity index (χ4v) is 4.73. The molecular weight excluding hydrogens is 436 g/mol. The summed E-state index contributed by atoms with van der Waals surface area (Å²) in [6.07, 6.45) is 1.77. The molecule has 33 heavy (non-hydrogen) atoms. The number of ether oxygens (including phenoxy) is 1. The van der Waals surface area contributed by atoms with Crippen LogP contribution in [0.15, 0.2) is 53.4 Å². The number of hydrogen-bond acceptors (Lipinski definition) is 5. The van der Waals surface area contributed by atoms with Crippen molar-refractivity contribution >= 4 is 29.0 Å². The highest BCUT2D eigenvalue weighted by Gasteiger charge is 2.35. The highest BCUT2D eigenvalue weighted by Crippen LogP contribution is 2.34. The monoisotopic (exact) mass is 462 g/mol. The number of aromatic nitrogens is 1. The quantitative estimate of drug-likeness (QED) is 0.488. The Balaban J connectivity index is 1.49. The van der Waals surface area contributed by atoms with Crippen molar-refractivity contribution in [3.63, 3.8) is 0 Å². The van der Waals surface area contributed by atoms with E-state index in [1.807, 2.05) is 68.7 Å². The molecule has 0 unspecified atom stereocenters. The van der Waals surface area contributed by atoms with Gasteiger partial charge in [-0.25, -0.2) is 0 Å². The minimum atomic E-state index is -0.302. The Morgan fingerprint density at radius 2 is 1.73 bits per heavy atom. The van der Waals surface area contributed by atoms with Crippen LogP contribution < -0.4 is 4.74 Å². The van der Waals surface area contributed by atoms with Crippen molar-refractivity contribution in [2.24, 2.45) is 0 Å². The zero-order chi connectivity index (χ0) is 23.7. The maximum absolute atomic E-state index is 12.9. The van der Waals surface area contributed by atoms with E-state index in [9.17, 15) is 14.7 Å². The average Bonchev–Trinajstić information content (AvgIpc) is 3.20. The Kier molecular flexibility index (Phi) is 6.33. The lowest BCUT2D eigenvalue weighted by atomic mass is 10.1. The van der Waals surface area contributed by atoms with Gasteiger partial charge >= 0.3 is 0 Å². The van der Waals surface area contributed by atoms with Gasteiger partial charge in [-0.05, 0) is 98.6 Å². The molecule has 2 heterocycles. The molecule has 1 aliphatic rings. The van der Waals surface area contributed by atoms with Crippen molar-refractivity contribution in [1.29, 1.82) is 0 Å². The van der Waals surface area contributed by atoms with Crippen molar-refractivity contribution < 1.29 is 19.4 Å². The van der Waals surface area contributed by atoms with Crippen LogP contribution in [0.1, 0.15) is 28.1 Å². The average molecular weight is 463 g/mol. The predicted molar refractivity (Wildman–Crippen MR) is 131 cm³/mol. The van der Waals surface area contributed by atoms with Crippen molar-refractivity contribution in [3.05, 3.63) is 81.5 Å². The van der Waals surface area contributed by atoms with Gasteiger partial charge in [-0.2, -0.15) is 0 Å². The molecule has 4 rings (SSSR count). The zero-order valence-corrected chi connectivity index (χ0v) is 19.9. The first kappa shape index (κ1) is 22.7. The Hall–Kier alpha value is -3.45. The van der Waals surface area contributed by atoms with Crippen LogP contribution >= 0.6 is 11.8 Å². The number of thioether (sulfide) groups is 1. The first-order valence-electron chi connectivity index (χ1n) is 10.7. The molecule has 0 aliphatic carbocycles. The summed E-state index contributed by atoms with van der Waals surface area (Å²) in [6.45, 7) is 8.34. The molecule has 0 saturated carbocycles. The van der Waals surface area contributed by atoms with E-state index in [-0.39, 0.29) is 30.0 Å². The van der Waals surface area contributed by atoms with E-state index in [0.717, 1.165) is 51.3 Å². The van der Waals surface area contributed by atoms with Crippen molar-refractivity contribution in [2.75, 3.05) is 13.2 Å². The number of rotatable bonds is 6. The van der Waals surface area contributed by atoms with Crippen LogP contribution in [0.2, 0.25) is 0 Å². The summed E-state index contributed by atoms with van der Waals surface area (Å²) in [5.41, 5.74) is 5.83.